The maximum absolute atomic E-state index is 15.8. The minimum absolute atomic E-state index is 0.00150. The van der Waals surface area contributed by atoms with E-state index in [1.807, 2.05) is 24.3 Å². The van der Waals surface area contributed by atoms with Crippen LogP contribution in [0.5, 0.6) is 0 Å². The molecule has 0 radical (unpaired) electrons. The number of halogens is 2. The van der Waals surface area contributed by atoms with Gasteiger partial charge in [0.25, 0.3) is 0 Å². The Bertz CT molecular complexity index is 1470. The summed E-state index contributed by atoms with van der Waals surface area (Å²) < 4.78 is 65.2. The molecule has 7 nitrogen and oxygen atoms in total. The SMILES string of the molecule is C[C@H]1CC[C@H](C2C=CC=CC2)S(=O)(=O)N1Cc1cc(F)c(C2(c3c[nH]c(=O)o3)CC(O)(C3CC3)C2)cc1F. The Kier molecular flexibility index (Phi) is 6.08. The van der Waals surface area contributed by atoms with Crippen LogP contribution in [0.4, 0.5) is 8.78 Å². The van der Waals surface area contributed by atoms with E-state index in [1.54, 1.807) is 6.92 Å². The standard InChI is InChI=1S/C28H32F2N2O5S/c1-17-7-10-24(18-5-3-2-4-6-18)38(35,36)32(17)14-19-11-23(30)21(12-22(19)29)27(25-13-31-26(33)37-25)15-28(34,16-27)20-8-9-20/h2-5,11-13,17-18,20,24,34H,6-10,14-16H2,1H3,(H,31,33)/t17-,18?,24+,27?,28?/m0/s1. The van der Waals surface area contributed by atoms with Crippen LogP contribution in [0.25, 0.3) is 0 Å². The first-order chi connectivity index (χ1) is 18.0. The van der Waals surface area contributed by atoms with Gasteiger partial charge in [-0.05, 0) is 75.8 Å². The van der Waals surface area contributed by atoms with Crippen LogP contribution in [-0.2, 0) is 22.0 Å². The van der Waals surface area contributed by atoms with E-state index in [0.29, 0.717) is 19.3 Å². The van der Waals surface area contributed by atoms with Crippen LogP contribution < -0.4 is 5.76 Å². The van der Waals surface area contributed by atoms with Gasteiger partial charge in [0, 0.05) is 29.9 Å². The van der Waals surface area contributed by atoms with Gasteiger partial charge < -0.3 is 9.52 Å². The van der Waals surface area contributed by atoms with Crippen molar-refractivity contribution in [1.82, 2.24) is 9.29 Å². The number of aliphatic hydroxyl groups is 1. The number of nitrogens with zero attached hydrogens (tertiary/aromatic N) is 1. The molecule has 1 aromatic heterocycles. The fraction of sp³-hybridized carbons (Fsp3) is 0.536. The van der Waals surface area contributed by atoms with Crippen molar-refractivity contribution in [3.8, 4) is 0 Å². The molecule has 204 valence electrons. The summed E-state index contributed by atoms with van der Waals surface area (Å²) in [6.45, 7) is 1.52. The lowest BCUT2D eigenvalue weighted by Gasteiger charge is -2.53. The molecule has 4 aliphatic rings. The van der Waals surface area contributed by atoms with Gasteiger partial charge in [-0.1, -0.05) is 24.3 Å². The lowest BCUT2D eigenvalue weighted by molar-refractivity contribution is -0.101. The van der Waals surface area contributed by atoms with Gasteiger partial charge in [-0.3, -0.25) is 4.98 Å². The van der Waals surface area contributed by atoms with Gasteiger partial charge in [0.15, 0.2) is 0 Å². The molecule has 2 saturated carbocycles. The number of aromatic nitrogens is 1. The molecule has 0 amide bonds. The molecule has 3 atom stereocenters. The summed E-state index contributed by atoms with van der Waals surface area (Å²) in [6.07, 6.45) is 12.7. The fourth-order valence-electron chi connectivity index (χ4n) is 6.84. The highest BCUT2D eigenvalue weighted by Crippen LogP contribution is 2.62. The third-order valence-corrected chi connectivity index (χ3v) is 11.6. The summed E-state index contributed by atoms with van der Waals surface area (Å²) in [5, 5.41) is 10.4. The highest BCUT2D eigenvalue weighted by molar-refractivity contribution is 7.89. The Labute approximate surface area is 220 Å². The van der Waals surface area contributed by atoms with Crippen LogP contribution in [0.2, 0.25) is 0 Å². The summed E-state index contributed by atoms with van der Waals surface area (Å²) in [7, 11) is -3.76. The minimum atomic E-state index is -3.76. The van der Waals surface area contributed by atoms with Crippen molar-refractivity contribution in [2.75, 3.05) is 0 Å². The number of nitrogens with one attached hydrogen (secondary N) is 1. The van der Waals surface area contributed by atoms with Gasteiger partial charge in [-0.2, -0.15) is 4.31 Å². The third kappa shape index (κ3) is 4.12. The van der Waals surface area contributed by atoms with E-state index in [2.05, 4.69) is 4.98 Å². The van der Waals surface area contributed by atoms with Crippen molar-refractivity contribution in [2.24, 2.45) is 11.8 Å². The molecule has 1 aromatic carbocycles. The molecule has 2 heterocycles. The summed E-state index contributed by atoms with van der Waals surface area (Å²) >= 11 is 0. The molecule has 1 saturated heterocycles. The summed E-state index contributed by atoms with van der Waals surface area (Å²) in [5.41, 5.74) is -2.26. The Morgan fingerprint density at radius 2 is 1.89 bits per heavy atom. The molecule has 1 unspecified atom stereocenters. The van der Waals surface area contributed by atoms with Crippen molar-refractivity contribution < 1.29 is 26.7 Å². The Morgan fingerprint density at radius 3 is 2.53 bits per heavy atom. The van der Waals surface area contributed by atoms with Crippen LogP contribution in [-0.4, -0.2) is 39.7 Å². The third-order valence-electron chi connectivity index (χ3n) is 9.09. The second-order valence-electron chi connectivity index (χ2n) is 11.5. The van der Waals surface area contributed by atoms with Gasteiger partial charge in [-0.25, -0.2) is 22.0 Å². The fourth-order valence-corrected chi connectivity index (χ4v) is 9.19. The number of oxazole rings is 1. The van der Waals surface area contributed by atoms with E-state index < -0.39 is 43.7 Å². The number of H-pyrrole nitrogens is 1. The van der Waals surface area contributed by atoms with Gasteiger partial charge in [0.2, 0.25) is 10.0 Å². The summed E-state index contributed by atoms with van der Waals surface area (Å²) in [4.78, 5) is 14.2. The highest BCUT2D eigenvalue weighted by atomic mass is 32.2. The quantitative estimate of drug-likeness (QED) is 0.563. The highest BCUT2D eigenvalue weighted by Gasteiger charge is 2.63. The zero-order valence-electron chi connectivity index (χ0n) is 21.2. The van der Waals surface area contributed by atoms with Crippen LogP contribution >= 0.6 is 0 Å². The van der Waals surface area contributed by atoms with E-state index >= 15 is 8.78 Å². The molecule has 0 spiro atoms. The molecular weight excluding hydrogens is 514 g/mol. The topological polar surface area (TPSA) is 104 Å². The maximum Gasteiger partial charge on any atom is 0.416 e. The minimum Gasteiger partial charge on any atom is -0.412 e. The van der Waals surface area contributed by atoms with Gasteiger partial charge in [-0.15, -0.1) is 0 Å². The number of hydrogen-bond donors (Lipinski definition) is 2. The summed E-state index contributed by atoms with van der Waals surface area (Å²) in [5.74, 6) is -2.05. The van der Waals surface area contributed by atoms with E-state index in [0.717, 1.165) is 25.0 Å². The molecule has 10 heteroatoms. The monoisotopic (exact) mass is 546 g/mol. The second-order valence-corrected chi connectivity index (χ2v) is 13.7. The first kappa shape index (κ1) is 25.7. The van der Waals surface area contributed by atoms with E-state index in [9.17, 15) is 18.3 Å². The van der Waals surface area contributed by atoms with Crippen molar-refractivity contribution in [3.05, 3.63) is 81.7 Å². The maximum atomic E-state index is 15.8. The molecule has 6 rings (SSSR count). The lowest BCUT2D eigenvalue weighted by atomic mass is 9.53. The number of benzene rings is 1. The number of sulfonamides is 1. The van der Waals surface area contributed by atoms with Crippen molar-refractivity contribution >= 4 is 10.0 Å². The van der Waals surface area contributed by atoms with Crippen LogP contribution in [0.15, 0.2) is 51.8 Å². The first-order valence-corrected chi connectivity index (χ1v) is 14.8. The van der Waals surface area contributed by atoms with Gasteiger partial charge >= 0.3 is 5.76 Å². The Morgan fingerprint density at radius 1 is 1.13 bits per heavy atom. The van der Waals surface area contributed by atoms with Crippen molar-refractivity contribution in [3.63, 3.8) is 0 Å². The molecular formula is C28H32F2N2O5S. The molecule has 2 aromatic rings. The smallest absolute Gasteiger partial charge is 0.412 e. The molecule has 3 fully saturated rings. The Balaban J connectivity index is 1.32. The van der Waals surface area contributed by atoms with E-state index in [4.69, 9.17) is 4.42 Å². The van der Waals surface area contributed by atoms with Crippen molar-refractivity contribution in [1.29, 1.82) is 0 Å². The number of rotatable bonds is 6. The molecule has 0 bridgehead atoms. The van der Waals surface area contributed by atoms with Crippen LogP contribution in [0.3, 0.4) is 0 Å². The predicted octanol–water partition coefficient (Wildman–Crippen LogP) is 4.28. The van der Waals surface area contributed by atoms with Crippen LogP contribution in [0.1, 0.15) is 68.8 Å². The first-order valence-electron chi connectivity index (χ1n) is 13.3. The molecule has 2 N–H and O–H groups in total. The average molecular weight is 547 g/mol. The number of allylic oxidation sites excluding steroid dienone is 4. The summed E-state index contributed by atoms with van der Waals surface area (Å²) in [6, 6.07) is 1.79. The molecule has 1 aliphatic heterocycles. The molecule has 3 aliphatic carbocycles. The number of aromatic amines is 1. The lowest BCUT2D eigenvalue weighted by Crippen LogP contribution is -2.57. The van der Waals surface area contributed by atoms with Crippen molar-refractivity contribution in [2.45, 2.75) is 80.7 Å². The van der Waals surface area contributed by atoms with Gasteiger partial charge in [0.1, 0.15) is 17.4 Å². The van der Waals surface area contributed by atoms with E-state index in [-0.39, 0.29) is 54.2 Å². The predicted molar refractivity (Wildman–Crippen MR) is 137 cm³/mol. The zero-order chi connectivity index (χ0) is 26.9. The molecule has 38 heavy (non-hydrogen) atoms. The largest absolute Gasteiger partial charge is 0.416 e. The van der Waals surface area contributed by atoms with E-state index in [1.165, 1.54) is 10.5 Å². The zero-order valence-corrected chi connectivity index (χ0v) is 22.0. The average Bonchev–Trinajstić information content (AvgIpc) is 3.63. The van der Waals surface area contributed by atoms with Crippen LogP contribution in [0, 0.1) is 23.5 Å². The Hall–Kier alpha value is -2.56. The number of hydrogen-bond acceptors (Lipinski definition) is 5. The van der Waals surface area contributed by atoms with Gasteiger partial charge in [0.05, 0.1) is 16.3 Å². The normalized spacial score (nSPS) is 34.8. The second kappa shape index (κ2) is 8.99.